The average molecular weight is 463 g/mol. The number of piperazine rings is 1. The number of hydrogen-bond donors (Lipinski definition) is 0. The zero-order valence-corrected chi connectivity index (χ0v) is 18.8. The van der Waals surface area contributed by atoms with Crippen LogP contribution in [0.1, 0.15) is 11.1 Å². The second kappa shape index (κ2) is 9.42. The summed E-state index contributed by atoms with van der Waals surface area (Å²) >= 11 is 12.2. The van der Waals surface area contributed by atoms with Crippen LogP contribution in [0, 0.1) is 0 Å². The van der Waals surface area contributed by atoms with Crippen molar-refractivity contribution in [2.24, 2.45) is 0 Å². The van der Waals surface area contributed by atoms with Gasteiger partial charge in [0.2, 0.25) is 5.91 Å². The van der Waals surface area contributed by atoms with Crippen LogP contribution in [0.5, 0.6) is 0 Å². The quantitative estimate of drug-likeness (QED) is 0.650. The molecule has 3 heterocycles. The number of methoxy groups -OCH3 is 1. The molecule has 2 aliphatic heterocycles. The Bertz CT molecular complexity index is 979. The van der Waals surface area contributed by atoms with Crippen LogP contribution in [0.4, 0.5) is 5.82 Å². The fourth-order valence-corrected chi connectivity index (χ4v) is 4.67. The zero-order valence-electron chi connectivity index (χ0n) is 17.3. The summed E-state index contributed by atoms with van der Waals surface area (Å²) in [5, 5.41) is 1.02. The molecule has 0 bridgehead atoms. The number of benzene rings is 1. The van der Waals surface area contributed by atoms with Gasteiger partial charge in [0, 0.05) is 45.3 Å². The van der Waals surface area contributed by atoms with Crippen molar-refractivity contribution in [3.05, 3.63) is 57.7 Å². The maximum atomic E-state index is 13.2. The molecule has 1 aromatic carbocycles. The number of esters is 1. The number of fused-ring (bicyclic) bond motifs is 1. The number of rotatable bonds is 4. The third-order valence-corrected chi connectivity index (χ3v) is 6.35. The number of ether oxygens (including phenoxy) is 1. The van der Waals surface area contributed by atoms with Gasteiger partial charge < -0.3 is 14.5 Å². The molecule has 7 nitrogen and oxygen atoms in total. The van der Waals surface area contributed by atoms with Crippen LogP contribution >= 0.6 is 23.2 Å². The molecule has 31 heavy (non-hydrogen) atoms. The number of nitrogens with zero attached hydrogens (tertiary/aromatic N) is 4. The topological polar surface area (TPSA) is 66.0 Å². The Balaban J connectivity index is 1.40. The lowest BCUT2D eigenvalue weighted by atomic mass is 9.94. The highest BCUT2D eigenvalue weighted by atomic mass is 35.5. The smallest absolute Gasteiger partial charge is 0.328 e. The van der Waals surface area contributed by atoms with Gasteiger partial charge in [0.1, 0.15) is 11.9 Å². The summed E-state index contributed by atoms with van der Waals surface area (Å²) in [6, 6.07) is 9.00. The molecule has 1 unspecified atom stereocenters. The number of aromatic nitrogens is 1. The Morgan fingerprint density at radius 2 is 1.84 bits per heavy atom. The molecule has 0 spiro atoms. The second-order valence-corrected chi connectivity index (χ2v) is 8.60. The molecule has 1 saturated heterocycles. The van der Waals surface area contributed by atoms with Crippen molar-refractivity contribution in [3.8, 4) is 0 Å². The molecule has 0 saturated carbocycles. The van der Waals surface area contributed by atoms with Gasteiger partial charge in [-0.25, -0.2) is 9.78 Å². The lowest BCUT2D eigenvalue weighted by Crippen LogP contribution is -2.54. The first-order chi connectivity index (χ1) is 15.0. The molecule has 0 N–H and O–H groups in total. The maximum absolute atomic E-state index is 13.2. The molecule has 1 aromatic heterocycles. The molecule has 9 heteroatoms. The van der Waals surface area contributed by atoms with Crippen LogP contribution in [0.25, 0.3) is 0 Å². The fourth-order valence-electron chi connectivity index (χ4n) is 4.17. The van der Waals surface area contributed by atoms with E-state index in [1.807, 2.05) is 24.3 Å². The van der Waals surface area contributed by atoms with E-state index in [0.717, 1.165) is 11.1 Å². The first kappa shape index (κ1) is 21.9. The number of anilines is 1. The highest BCUT2D eigenvalue weighted by molar-refractivity contribution is 6.36. The number of halogens is 2. The first-order valence-corrected chi connectivity index (χ1v) is 10.9. The van der Waals surface area contributed by atoms with E-state index in [4.69, 9.17) is 27.9 Å². The Morgan fingerprint density at radius 1 is 1.13 bits per heavy atom. The standard InChI is InChI=1S/C22H24Cl2N4O3/c1-31-22(30)19-10-15-4-2-3-5-16(15)13-28(19)20(29)14-26-6-8-27(9-7-26)21-18(24)11-17(23)12-25-21/h2-5,11-12,19H,6-10,13-14H2,1H3. The summed E-state index contributed by atoms with van der Waals surface area (Å²) in [4.78, 5) is 35.7. The van der Waals surface area contributed by atoms with Gasteiger partial charge in [-0.2, -0.15) is 0 Å². The molecule has 0 aliphatic carbocycles. The van der Waals surface area contributed by atoms with Gasteiger partial charge >= 0.3 is 5.97 Å². The second-order valence-electron chi connectivity index (χ2n) is 7.76. The van der Waals surface area contributed by atoms with Crippen molar-refractivity contribution in [1.29, 1.82) is 0 Å². The van der Waals surface area contributed by atoms with E-state index in [-0.39, 0.29) is 18.4 Å². The van der Waals surface area contributed by atoms with Crippen molar-refractivity contribution < 1.29 is 14.3 Å². The number of carbonyl (C=O) groups is 2. The van der Waals surface area contributed by atoms with Gasteiger partial charge in [0.15, 0.2) is 0 Å². The third kappa shape index (κ3) is 4.79. The SMILES string of the molecule is COC(=O)C1Cc2ccccc2CN1C(=O)CN1CCN(c2ncc(Cl)cc2Cl)CC1. The number of carbonyl (C=O) groups excluding carboxylic acids is 2. The van der Waals surface area contributed by atoms with Crippen LogP contribution < -0.4 is 4.90 Å². The lowest BCUT2D eigenvalue weighted by molar-refractivity contribution is -0.154. The van der Waals surface area contributed by atoms with E-state index < -0.39 is 6.04 Å². The molecule has 4 rings (SSSR count). The summed E-state index contributed by atoms with van der Waals surface area (Å²) in [6.45, 7) is 3.46. The minimum Gasteiger partial charge on any atom is -0.467 e. The Kier molecular flexibility index (Phi) is 6.65. The number of pyridine rings is 1. The monoisotopic (exact) mass is 462 g/mol. The third-order valence-electron chi connectivity index (χ3n) is 5.86. The van der Waals surface area contributed by atoms with Crippen molar-refractivity contribution >= 4 is 40.9 Å². The summed E-state index contributed by atoms with van der Waals surface area (Å²) in [7, 11) is 1.36. The molecular weight excluding hydrogens is 439 g/mol. The molecule has 164 valence electrons. The van der Waals surface area contributed by atoms with Crippen molar-refractivity contribution in [1.82, 2.24) is 14.8 Å². The van der Waals surface area contributed by atoms with Crippen LogP contribution in [0.15, 0.2) is 36.5 Å². The summed E-state index contributed by atoms with van der Waals surface area (Å²) in [5.41, 5.74) is 2.16. The molecule has 2 aliphatic rings. The Hall–Kier alpha value is -2.35. The highest BCUT2D eigenvalue weighted by Crippen LogP contribution is 2.27. The predicted molar refractivity (Wildman–Crippen MR) is 119 cm³/mol. The minimum atomic E-state index is -0.592. The van der Waals surface area contributed by atoms with Crippen LogP contribution in [-0.4, -0.2) is 72.5 Å². The van der Waals surface area contributed by atoms with E-state index in [2.05, 4.69) is 14.8 Å². The molecule has 2 aromatic rings. The van der Waals surface area contributed by atoms with Crippen LogP contribution in [0.2, 0.25) is 10.0 Å². The largest absolute Gasteiger partial charge is 0.467 e. The van der Waals surface area contributed by atoms with Crippen LogP contribution in [0.3, 0.4) is 0 Å². The van der Waals surface area contributed by atoms with E-state index in [1.54, 1.807) is 17.2 Å². The van der Waals surface area contributed by atoms with E-state index in [9.17, 15) is 9.59 Å². The average Bonchev–Trinajstić information content (AvgIpc) is 2.78. The minimum absolute atomic E-state index is 0.0685. The maximum Gasteiger partial charge on any atom is 0.328 e. The summed E-state index contributed by atoms with van der Waals surface area (Å²) in [5.74, 6) is 0.257. The van der Waals surface area contributed by atoms with E-state index >= 15 is 0 Å². The Morgan fingerprint density at radius 3 is 2.52 bits per heavy atom. The molecule has 1 atom stereocenters. The summed E-state index contributed by atoms with van der Waals surface area (Å²) < 4.78 is 4.98. The first-order valence-electron chi connectivity index (χ1n) is 10.2. The molecular formula is C22H24Cl2N4O3. The van der Waals surface area contributed by atoms with Gasteiger partial charge in [-0.3, -0.25) is 9.69 Å². The Labute approximate surface area is 191 Å². The molecule has 1 amide bonds. The van der Waals surface area contributed by atoms with E-state index in [1.165, 1.54) is 7.11 Å². The zero-order chi connectivity index (χ0) is 22.0. The molecule has 1 fully saturated rings. The van der Waals surface area contributed by atoms with Gasteiger partial charge in [-0.15, -0.1) is 0 Å². The van der Waals surface area contributed by atoms with Crippen LogP contribution in [-0.2, 0) is 27.3 Å². The molecule has 0 radical (unpaired) electrons. The van der Waals surface area contributed by atoms with Gasteiger partial charge in [0.05, 0.1) is 23.7 Å². The highest BCUT2D eigenvalue weighted by Gasteiger charge is 2.36. The fraction of sp³-hybridized carbons (Fsp3) is 0.409. The van der Waals surface area contributed by atoms with Gasteiger partial charge in [-0.1, -0.05) is 47.5 Å². The summed E-state index contributed by atoms with van der Waals surface area (Å²) in [6.07, 6.45) is 2.06. The van der Waals surface area contributed by atoms with Gasteiger partial charge in [0.25, 0.3) is 0 Å². The van der Waals surface area contributed by atoms with E-state index in [0.29, 0.717) is 55.0 Å². The normalized spacial score (nSPS) is 19.1. The van der Waals surface area contributed by atoms with Crippen molar-refractivity contribution in [2.75, 3.05) is 44.7 Å². The predicted octanol–water partition coefficient (Wildman–Crippen LogP) is 2.64. The van der Waals surface area contributed by atoms with Gasteiger partial charge in [-0.05, 0) is 17.2 Å². The number of amides is 1. The lowest BCUT2D eigenvalue weighted by Gasteiger charge is -2.39. The van der Waals surface area contributed by atoms with Crippen molar-refractivity contribution in [2.45, 2.75) is 19.0 Å². The number of hydrogen-bond acceptors (Lipinski definition) is 6. The van der Waals surface area contributed by atoms with Crippen molar-refractivity contribution in [3.63, 3.8) is 0 Å².